The van der Waals surface area contributed by atoms with Crippen LogP contribution in [-0.4, -0.2) is 25.6 Å². The third kappa shape index (κ3) is 5.23. The first-order chi connectivity index (χ1) is 3.27. The summed E-state index contributed by atoms with van der Waals surface area (Å²) in [7, 11) is 3.40. The van der Waals surface area contributed by atoms with E-state index in [-0.39, 0.29) is 0 Å². The Bertz CT molecular complexity index is 58.0. The van der Waals surface area contributed by atoms with Crippen molar-refractivity contribution in [3.05, 3.63) is 0 Å². The average Bonchev–Trinajstić information content (AvgIpc) is 1.61. The van der Waals surface area contributed by atoms with E-state index in [0.29, 0.717) is 0 Å². The van der Waals surface area contributed by atoms with Crippen LogP contribution in [0, 0.1) is 0 Å². The number of nitrogens with two attached hydrogens (primary N) is 1. The van der Waals surface area contributed by atoms with Crippen molar-refractivity contribution in [2.45, 2.75) is 0 Å². The molecule has 0 radical (unpaired) electrons. The van der Waals surface area contributed by atoms with Crippen LogP contribution in [0.3, 0.4) is 0 Å². The van der Waals surface area contributed by atoms with Crippen molar-refractivity contribution in [2.75, 3.05) is 14.1 Å². The molecule has 0 spiro atoms. The first-order valence-corrected chi connectivity index (χ1v) is 1.95. The van der Waals surface area contributed by atoms with Gasteiger partial charge in [0.15, 0.2) is 0 Å². The van der Waals surface area contributed by atoms with Crippen molar-refractivity contribution in [1.29, 1.82) is 0 Å². The van der Waals surface area contributed by atoms with Crippen LogP contribution in [0.2, 0.25) is 0 Å². The van der Waals surface area contributed by atoms with Crippen LogP contribution >= 0.6 is 0 Å². The maximum absolute atomic E-state index is 5.07. The monoisotopic (exact) mass is 102 g/mol. The van der Waals surface area contributed by atoms with Gasteiger partial charge in [0, 0.05) is 14.1 Å². The number of hydrazine groups is 1. The molecule has 0 heterocycles. The van der Waals surface area contributed by atoms with Crippen molar-refractivity contribution in [3.8, 4) is 0 Å². The van der Waals surface area contributed by atoms with E-state index in [2.05, 4.69) is 10.4 Å². The standard InChI is InChI=1S/C3H10N4/c1-5-3-6-7(2)4/h3H,4H2,1-2H3,(H,5,6). The molecule has 3 N–H and O–H groups in total. The molecule has 0 fully saturated rings. The summed E-state index contributed by atoms with van der Waals surface area (Å²) in [6.45, 7) is 0. The Balaban J connectivity index is 3.08. The van der Waals surface area contributed by atoms with Gasteiger partial charge in [-0.3, -0.25) is 0 Å². The lowest BCUT2D eigenvalue weighted by Crippen LogP contribution is -2.20. The second-order valence-electron chi connectivity index (χ2n) is 1.11. The molecule has 0 aromatic rings. The summed E-state index contributed by atoms with van der Waals surface area (Å²) in [6.07, 6.45) is 1.50. The Morgan fingerprint density at radius 2 is 2.43 bits per heavy atom. The minimum absolute atomic E-state index is 1.22. The molecule has 0 unspecified atom stereocenters. The molecule has 0 rings (SSSR count). The summed E-state index contributed by atoms with van der Waals surface area (Å²) in [5, 5.41) is 7.52. The van der Waals surface area contributed by atoms with E-state index in [1.54, 1.807) is 14.1 Å². The first kappa shape index (κ1) is 6.23. The highest BCUT2D eigenvalue weighted by Gasteiger charge is 1.69. The molecule has 0 aliphatic carbocycles. The Labute approximate surface area is 43.0 Å². The van der Waals surface area contributed by atoms with Gasteiger partial charge in [-0.1, -0.05) is 0 Å². The number of rotatable bonds is 2. The quantitative estimate of drug-likeness (QED) is 0.202. The van der Waals surface area contributed by atoms with Crippen LogP contribution in [0.4, 0.5) is 0 Å². The zero-order chi connectivity index (χ0) is 5.70. The number of hydrazone groups is 1. The fourth-order valence-electron chi connectivity index (χ4n) is 0.149. The molecule has 0 amide bonds. The van der Waals surface area contributed by atoms with Gasteiger partial charge in [0.2, 0.25) is 0 Å². The van der Waals surface area contributed by atoms with Gasteiger partial charge in [0.1, 0.15) is 6.34 Å². The second kappa shape index (κ2) is 3.42. The van der Waals surface area contributed by atoms with E-state index in [1.165, 1.54) is 11.5 Å². The summed E-state index contributed by atoms with van der Waals surface area (Å²) in [5.74, 6) is 5.07. The fraction of sp³-hybridized carbons (Fsp3) is 0.667. The normalized spacial score (nSPS) is 9.57. The minimum Gasteiger partial charge on any atom is -0.378 e. The maximum atomic E-state index is 5.07. The van der Waals surface area contributed by atoms with Gasteiger partial charge in [0.05, 0.1) is 0 Å². The highest BCUT2D eigenvalue weighted by Crippen LogP contribution is 1.60. The second-order valence-corrected chi connectivity index (χ2v) is 1.11. The van der Waals surface area contributed by atoms with Gasteiger partial charge in [-0.15, -0.1) is 0 Å². The molecule has 0 aliphatic rings. The van der Waals surface area contributed by atoms with E-state index in [9.17, 15) is 0 Å². The molecule has 0 aromatic heterocycles. The van der Waals surface area contributed by atoms with E-state index >= 15 is 0 Å². The van der Waals surface area contributed by atoms with Crippen LogP contribution in [0.1, 0.15) is 0 Å². The van der Waals surface area contributed by atoms with Gasteiger partial charge < -0.3 is 5.32 Å². The Kier molecular flexibility index (Phi) is 3.04. The molecule has 4 heteroatoms. The molecule has 0 aromatic carbocycles. The van der Waals surface area contributed by atoms with Gasteiger partial charge in [-0.25, -0.2) is 11.0 Å². The third-order valence-corrected chi connectivity index (χ3v) is 0.369. The molecular weight excluding hydrogens is 92.1 g/mol. The largest absolute Gasteiger partial charge is 0.378 e. The van der Waals surface area contributed by atoms with Crippen LogP contribution in [-0.2, 0) is 0 Å². The maximum Gasteiger partial charge on any atom is 0.110 e. The van der Waals surface area contributed by atoms with Gasteiger partial charge >= 0.3 is 0 Å². The van der Waals surface area contributed by atoms with Crippen molar-refractivity contribution in [2.24, 2.45) is 10.9 Å². The smallest absolute Gasteiger partial charge is 0.110 e. The zero-order valence-electron chi connectivity index (χ0n) is 4.55. The number of hydrogen-bond acceptors (Lipinski definition) is 3. The Morgan fingerprint density at radius 1 is 1.86 bits per heavy atom. The van der Waals surface area contributed by atoms with Gasteiger partial charge in [0.25, 0.3) is 0 Å². The molecule has 0 aliphatic heterocycles. The van der Waals surface area contributed by atoms with Crippen LogP contribution < -0.4 is 11.2 Å². The first-order valence-electron chi connectivity index (χ1n) is 1.95. The summed E-state index contributed by atoms with van der Waals surface area (Å²) in [4.78, 5) is 0. The lowest BCUT2D eigenvalue weighted by molar-refractivity contribution is 0.372. The van der Waals surface area contributed by atoms with E-state index < -0.39 is 0 Å². The number of hydrogen-bond donors (Lipinski definition) is 2. The molecule has 0 saturated carbocycles. The van der Waals surface area contributed by atoms with Crippen molar-refractivity contribution < 1.29 is 0 Å². The topological polar surface area (TPSA) is 53.7 Å². The number of nitrogens with zero attached hydrogens (tertiary/aromatic N) is 2. The SMILES string of the molecule is CN/C=N\N(C)N. The molecule has 7 heavy (non-hydrogen) atoms. The number of nitrogens with one attached hydrogen (secondary N) is 1. The fourth-order valence-corrected chi connectivity index (χ4v) is 0.149. The van der Waals surface area contributed by atoms with E-state index in [0.717, 1.165) is 0 Å². The molecule has 42 valence electrons. The van der Waals surface area contributed by atoms with E-state index in [4.69, 9.17) is 5.84 Å². The van der Waals surface area contributed by atoms with Crippen LogP contribution in [0.15, 0.2) is 5.10 Å². The summed E-state index contributed by atoms with van der Waals surface area (Å²) in [5.41, 5.74) is 0. The zero-order valence-corrected chi connectivity index (χ0v) is 4.55. The predicted molar refractivity (Wildman–Crippen MR) is 29.5 cm³/mol. The lowest BCUT2D eigenvalue weighted by atomic mass is 11.2. The lowest BCUT2D eigenvalue weighted by Gasteiger charge is -1.99. The molecule has 4 nitrogen and oxygen atoms in total. The highest BCUT2D eigenvalue weighted by molar-refractivity contribution is 5.52. The van der Waals surface area contributed by atoms with Crippen molar-refractivity contribution >= 4 is 6.34 Å². The van der Waals surface area contributed by atoms with Crippen molar-refractivity contribution in [3.63, 3.8) is 0 Å². The Hall–Kier alpha value is -0.770. The van der Waals surface area contributed by atoms with E-state index in [1.807, 2.05) is 0 Å². The van der Waals surface area contributed by atoms with Crippen LogP contribution in [0.25, 0.3) is 0 Å². The minimum atomic E-state index is 1.22. The molecule has 0 atom stereocenters. The van der Waals surface area contributed by atoms with Crippen molar-refractivity contribution in [1.82, 2.24) is 10.4 Å². The summed E-state index contributed by atoms with van der Waals surface area (Å²) in [6, 6.07) is 0. The average molecular weight is 102 g/mol. The highest BCUT2D eigenvalue weighted by atomic mass is 15.6. The molecular formula is C3H10N4. The van der Waals surface area contributed by atoms with Gasteiger partial charge in [-0.05, 0) is 0 Å². The molecule has 0 saturated heterocycles. The Morgan fingerprint density at radius 3 is 2.57 bits per heavy atom. The summed E-state index contributed by atoms with van der Waals surface area (Å²) < 4.78 is 0. The third-order valence-electron chi connectivity index (χ3n) is 0.369. The summed E-state index contributed by atoms with van der Waals surface area (Å²) >= 11 is 0. The predicted octanol–water partition coefficient (Wildman–Crippen LogP) is -1.05. The van der Waals surface area contributed by atoms with Gasteiger partial charge in [-0.2, -0.15) is 5.10 Å². The van der Waals surface area contributed by atoms with Crippen LogP contribution in [0.5, 0.6) is 0 Å². The molecule has 0 bridgehead atoms.